The lowest BCUT2D eigenvalue weighted by molar-refractivity contribution is -0.120. The van der Waals surface area contributed by atoms with Crippen molar-refractivity contribution in [3.8, 4) is 0 Å². The highest BCUT2D eigenvalue weighted by atomic mass is 19.1. The van der Waals surface area contributed by atoms with Gasteiger partial charge >= 0.3 is 0 Å². The number of halogens is 1. The summed E-state index contributed by atoms with van der Waals surface area (Å²) in [5.74, 6) is 0.298. The lowest BCUT2D eigenvalue weighted by Gasteiger charge is -2.26. The second-order valence-corrected chi connectivity index (χ2v) is 7.26. The van der Waals surface area contributed by atoms with Gasteiger partial charge in [0, 0.05) is 31.2 Å². The molecule has 28 heavy (non-hydrogen) atoms. The quantitative estimate of drug-likeness (QED) is 0.742. The Morgan fingerprint density at radius 1 is 1.25 bits per heavy atom. The van der Waals surface area contributed by atoms with Gasteiger partial charge in [-0.25, -0.2) is 9.37 Å². The average molecular weight is 378 g/mol. The number of hydrogen-bond acceptors (Lipinski definition) is 3. The smallest absolute Gasteiger partial charge is 0.240 e. The molecule has 1 aromatic heterocycles. The molecule has 2 aromatic carbocycles. The van der Waals surface area contributed by atoms with Gasteiger partial charge in [0.1, 0.15) is 17.7 Å². The number of rotatable bonds is 5. The Morgan fingerprint density at radius 2 is 2.00 bits per heavy atom. The molecule has 6 heteroatoms. The van der Waals surface area contributed by atoms with Crippen molar-refractivity contribution in [3.05, 3.63) is 83.7 Å². The predicted molar refractivity (Wildman–Crippen MR) is 107 cm³/mol. The van der Waals surface area contributed by atoms with E-state index in [4.69, 9.17) is 0 Å². The second kappa shape index (κ2) is 7.46. The molecule has 1 amide bonds. The Hall–Kier alpha value is -3.15. The molecular weight excluding hydrogens is 355 g/mol. The van der Waals surface area contributed by atoms with E-state index in [0.717, 1.165) is 17.7 Å². The molecule has 5 nitrogen and oxygen atoms in total. The summed E-state index contributed by atoms with van der Waals surface area (Å²) in [6.07, 6.45) is 4.46. The number of hydrogen-bond donors (Lipinski definition) is 1. The van der Waals surface area contributed by atoms with Gasteiger partial charge in [-0.05, 0) is 42.7 Å². The van der Waals surface area contributed by atoms with E-state index in [9.17, 15) is 9.18 Å². The van der Waals surface area contributed by atoms with Crippen LogP contribution in [0.4, 0.5) is 10.1 Å². The fraction of sp³-hybridized carbons (Fsp3) is 0.273. The highest BCUT2D eigenvalue weighted by Crippen LogP contribution is 2.31. The molecule has 144 valence electrons. The summed E-state index contributed by atoms with van der Waals surface area (Å²) in [4.78, 5) is 19.5. The number of carbonyl (C=O) groups is 1. The molecule has 3 aromatic rings. The molecule has 0 unspecified atom stereocenters. The highest BCUT2D eigenvalue weighted by molar-refractivity contribution is 5.83. The van der Waals surface area contributed by atoms with Crippen LogP contribution in [0.3, 0.4) is 0 Å². The zero-order valence-electron chi connectivity index (χ0n) is 16.0. The third kappa shape index (κ3) is 3.50. The van der Waals surface area contributed by atoms with Crippen LogP contribution in [0.5, 0.6) is 0 Å². The molecule has 1 aliphatic rings. The fourth-order valence-corrected chi connectivity index (χ4v) is 3.84. The van der Waals surface area contributed by atoms with Gasteiger partial charge in [0.15, 0.2) is 0 Å². The molecule has 0 spiro atoms. The van der Waals surface area contributed by atoms with Crippen molar-refractivity contribution in [2.45, 2.75) is 25.4 Å². The van der Waals surface area contributed by atoms with Crippen LogP contribution in [0.25, 0.3) is 0 Å². The normalized spacial score (nSPS) is 16.7. The number of aryl methyl sites for hydroxylation is 1. The summed E-state index contributed by atoms with van der Waals surface area (Å²) in [5, 5.41) is 3.09. The number of amides is 1. The molecule has 0 radical (unpaired) electrons. The number of carbonyl (C=O) groups excluding carboxylic acids is 1. The van der Waals surface area contributed by atoms with Crippen molar-refractivity contribution in [2.75, 3.05) is 11.4 Å². The Labute approximate surface area is 163 Å². The first-order chi connectivity index (χ1) is 13.5. The van der Waals surface area contributed by atoms with E-state index >= 15 is 0 Å². The van der Waals surface area contributed by atoms with Crippen LogP contribution in [0.15, 0.2) is 60.9 Å². The average Bonchev–Trinajstić information content (AvgIpc) is 3.24. The molecule has 0 fully saturated rings. The minimum atomic E-state index is -0.443. The van der Waals surface area contributed by atoms with Gasteiger partial charge < -0.3 is 14.8 Å². The third-order valence-electron chi connectivity index (χ3n) is 5.29. The van der Waals surface area contributed by atoms with Crippen molar-refractivity contribution in [1.29, 1.82) is 0 Å². The lowest BCUT2D eigenvalue weighted by atomic mass is 10.1. The molecule has 4 rings (SSSR count). The molecule has 2 atom stereocenters. The van der Waals surface area contributed by atoms with Crippen molar-refractivity contribution < 1.29 is 9.18 Å². The first-order valence-electron chi connectivity index (χ1n) is 9.39. The van der Waals surface area contributed by atoms with Gasteiger partial charge in [0.2, 0.25) is 5.91 Å². The van der Waals surface area contributed by atoms with Crippen LogP contribution in [0.2, 0.25) is 0 Å². The standard InChI is InChI=1S/C22H23FN4O/c1-15-13-17-5-3-4-6-19(17)27(15)14-20(28)25-21(22-24-11-12-26(22)2)16-7-9-18(23)10-8-16/h3-12,15,21H,13-14H2,1-2H3,(H,25,28)/t15-,21+/m1/s1. The second-order valence-electron chi connectivity index (χ2n) is 7.26. The zero-order chi connectivity index (χ0) is 19.7. The molecule has 0 saturated carbocycles. The maximum atomic E-state index is 13.4. The Morgan fingerprint density at radius 3 is 2.71 bits per heavy atom. The van der Waals surface area contributed by atoms with E-state index in [-0.39, 0.29) is 24.3 Å². The van der Waals surface area contributed by atoms with Gasteiger partial charge in [-0.2, -0.15) is 0 Å². The molecule has 0 bridgehead atoms. The van der Waals surface area contributed by atoms with Crippen molar-refractivity contribution in [1.82, 2.24) is 14.9 Å². The Bertz CT molecular complexity index is 982. The fourth-order valence-electron chi connectivity index (χ4n) is 3.84. The molecular formula is C22H23FN4O. The monoisotopic (exact) mass is 378 g/mol. The van der Waals surface area contributed by atoms with Crippen LogP contribution in [-0.2, 0) is 18.3 Å². The van der Waals surface area contributed by atoms with Gasteiger partial charge in [0.25, 0.3) is 0 Å². The molecule has 1 aliphatic heterocycles. The molecule has 2 heterocycles. The first-order valence-corrected chi connectivity index (χ1v) is 9.39. The van der Waals surface area contributed by atoms with E-state index in [1.165, 1.54) is 17.7 Å². The topological polar surface area (TPSA) is 50.2 Å². The summed E-state index contributed by atoms with van der Waals surface area (Å²) >= 11 is 0. The molecule has 0 saturated heterocycles. The van der Waals surface area contributed by atoms with E-state index in [1.54, 1.807) is 18.3 Å². The minimum absolute atomic E-state index is 0.0964. The van der Waals surface area contributed by atoms with Gasteiger partial charge in [-0.1, -0.05) is 30.3 Å². The van der Waals surface area contributed by atoms with E-state index < -0.39 is 6.04 Å². The Balaban J connectivity index is 1.56. The number of anilines is 1. The van der Waals surface area contributed by atoms with Gasteiger partial charge in [0.05, 0.1) is 6.54 Å². The number of benzene rings is 2. The summed E-state index contributed by atoms with van der Waals surface area (Å²) in [6.45, 7) is 2.39. The first kappa shape index (κ1) is 18.2. The largest absolute Gasteiger partial charge is 0.359 e. The summed E-state index contributed by atoms with van der Waals surface area (Å²) < 4.78 is 15.2. The summed E-state index contributed by atoms with van der Waals surface area (Å²) in [7, 11) is 1.88. The minimum Gasteiger partial charge on any atom is -0.359 e. The van der Waals surface area contributed by atoms with E-state index in [2.05, 4.69) is 34.3 Å². The van der Waals surface area contributed by atoms with Crippen LogP contribution in [0.1, 0.15) is 29.9 Å². The molecule has 0 aliphatic carbocycles. The highest BCUT2D eigenvalue weighted by Gasteiger charge is 2.28. The van der Waals surface area contributed by atoms with Crippen molar-refractivity contribution in [3.63, 3.8) is 0 Å². The van der Waals surface area contributed by atoms with Crippen LogP contribution in [-0.4, -0.2) is 28.0 Å². The number of imidazole rings is 1. The third-order valence-corrected chi connectivity index (χ3v) is 5.29. The number of para-hydroxylation sites is 1. The number of aromatic nitrogens is 2. The summed E-state index contributed by atoms with van der Waals surface area (Å²) in [5.41, 5.74) is 3.17. The Kier molecular flexibility index (Phi) is 4.86. The van der Waals surface area contributed by atoms with Crippen molar-refractivity contribution in [2.24, 2.45) is 7.05 Å². The van der Waals surface area contributed by atoms with Crippen LogP contribution >= 0.6 is 0 Å². The SMILES string of the molecule is C[C@@H]1Cc2ccccc2N1CC(=O)N[C@@H](c1ccc(F)cc1)c1nccn1C. The van der Waals surface area contributed by atoms with Crippen LogP contribution in [0, 0.1) is 5.82 Å². The number of nitrogens with one attached hydrogen (secondary N) is 1. The molecule has 1 N–H and O–H groups in total. The maximum absolute atomic E-state index is 13.4. The van der Waals surface area contributed by atoms with Gasteiger partial charge in [-0.3, -0.25) is 4.79 Å². The zero-order valence-corrected chi connectivity index (χ0v) is 16.0. The predicted octanol–water partition coefficient (Wildman–Crippen LogP) is 3.22. The summed E-state index contributed by atoms with van der Waals surface area (Å²) in [6, 6.07) is 14.2. The number of fused-ring (bicyclic) bond motifs is 1. The van der Waals surface area contributed by atoms with Gasteiger partial charge in [-0.15, -0.1) is 0 Å². The van der Waals surface area contributed by atoms with Crippen molar-refractivity contribution >= 4 is 11.6 Å². The number of nitrogens with zero attached hydrogens (tertiary/aromatic N) is 3. The lowest BCUT2D eigenvalue weighted by Crippen LogP contribution is -2.42. The van der Waals surface area contributed by atoms with E-state index in [0.29, 0.717) is 5.82 Å². The van der Waals surface area contributed by atoms with Crippen LogP contribution < -0.4 is 10.2 Å². The maximum Gasteiger partial charge on any atom is 0.240 e. The van der Waals surface area contributed by atoms with E-state index in [1.807, 2.05) is 29.9 Å².